The van der Waals surface area contributed by atoms with Gasteiger partial charge in [-0.2, -0.15) is 0 Å². The highest BCUT2D eigenvalue weighted by atomic mass is 16.4. The van der Waals surface area contributed by atoms with E-state index in [0.717, 1.165) is 5.56 Å². The molecule has 1 fully saturated rings. The summed E-state index contributed by atoms with van der Waals surface area (Å²) in [7, 11) is 0. The molecule has 6 N–H and O–H groups in total. The number of amides is 3. The van der Waals surface area contributed by atoms with Crippen LogP contribution in [0.1, 0.15) is 30.4 Å². The van der Waals surface area contributed by atoms with Gasteiger partial charge in [0.1, 0.15) is 18.1 Å². The van der Waals surface area contributed by atoms with Crippen LogP contribution in [0.5, 0.6) is 0 Å². The average Bonchev–Trinajstić information content (AvgIpc) is 3.38. The fraction of sp³-hybridized carbons (Fsp3) is 0.370. The lowest BCUT2D eigenvalue weighted by Crippen LogP contribution is -2.57. The molecule has 4 atom stereocenters. The van der Waals surface area contributed by atoms with Crippen molar-refractivity contribution in [3.05, 3.63) is 71.8 Å². The third kappa shape index (κ3) is 7.87. The standard InChI is InChI=1S/C27H32N4O7/c28-19(14-17-8-3-1-4-9-17)26(36)31-13-7-12-22(31)25(35)29-20(16-23(32)33)24(34)30-21(27(37)38)15-18-10-5-2-6-11-18/h1-6,8-11,19-22H,7,12-16,28H2,(H,29,35)(H,30,34)(H,32,33)(H,37,38). The average molecular weight is 525 g/mol. The topological polar surface area (TPSA) is 179 Å². The number of benzene rings is 2. The molecule has 3 rings (SSSR count). The second-order valence-electron chi connectivity index (χ2n) is 9.23. The Morgan fingerprint density at radius 2 is 1.45 bits per heavy atom. The Hall–Kier alpha value is -4.25. The molecule has 0 spiro atoms. The summed E-state index contributed by atoms with van der Waals surface area (Å²) in [4.78, 5) is 63.6. The third-order valence-electron chi connectivity index (χ3n) is 6.36. The molecular formula is C27H32N4O7. The Morgan fingerprint density at radius 3 is 2.00 bits per heavy atom. The molecule has 0 aromatic heterocycles. The SMILES string of the molecule is NC(Cc1ccccc1)C(=O)N1CCCC1C(=O)NC(CC(=O)O)C(=O)NC(Cc1ccccc1)C(=O)O. The number of nitrogens with one attached hydrogen (secondary N) is 2. The minimum Gasteiger partial charge on any atom is -0.481 e. The maximum absolute atomic E-state index is 13.1. The summed E-state index contributed by atoms with van der Waals surface area (Å²) in [6.45, 7) is 0.299. The number of carboxylic acid groups (broad SMARTS) is 2. The molecule has 0 saturated carbocycles. The fourth-order valence-electron chi connectivity index (χ4n) is 4.45. The van der Waals surface area contributed by atoms with E-state index >= 15 is 0 Å². The molecule has 1 heterocycles. The Balaban J connectivity index is 1.67. The number of carbonyl (C=O) groups is 5. The van der Waals surface area contributed by atoms with Crippen LogP contribution in [0.15, 0.2) is 60.7 Å². The van der Waals surface area contributed by atoms with Gasteiger partial charge in [0.05, 0.1) is 12.5 Å². The van der Waals surface area contributed by atoms with Gasteiger partial charge in [0, 0.05) is 13.0 Å². The molecular weight excluding hydrogens is 492 g/mol. The van der Waals surface area contributed by atoms with Crippen LogP contribution in [0.4, 0.5) is 0 Å². The van der Waals surface area contributed by atoms with Crippen molar-refractivity contribution in [2.75, 3.05) is 6.54 Å². The van der Waals surface area contributed by atoms with E-state index < -0.39 is 60.2 Å². The van der Waals surface area contributed by atoms with Gasteiger partial charge < -0.3 is 31.5 Å². The molecule has 202 valence electrons. The van der Waals surface area contributed by atoms with Gasteiger partial charge in [-0.3, -0.25) is 19.2 Å². The summed E-state index contributed by atoms with van der Waals surface area (Å²) in [5.41, 5.74) is 7.66. The smallest absolute Gasteiger partial charge is 0.326 e. The second-order valence-corrected chi connectivity index (χ2v) is 9.23. The van der Waals surface area contributed by atoms with Crippen LogP contribution in [-0.2, 0) is 36.8 Å². The van der Waals surface area contributed by atoms with Gasteiger partial charge in [0.15, 0.2) is 0 Å². The molecule has 1 aliphatic rings. The highest BCUT2D eigenvalue weighted by Crippen LogP contribution is 2.19. The highest BCUT2D eigenvalue weighted by molar-refractivity contribution is 5.96. The Bertz CT molecular complexity index is 1140. The Kier molecular flexibility index (Phi) is 9.94. The van der Waals surface area contributed by atoms with Crippen molar-refractivity contribution in [1.29, 1.82) is 0 Å². The first-order chi connectivity index (χ1) is 18.2. The lowest BCUT2D eigenvalue weighted by Gasteiger charge is -2.28. The Morgan fingerprint density at radius 1 is 0.868 bits per heavy atom. The minimum absolute atomic E-state index is 0.0279. The second kappa shape index (κ2) is 13.3. The summed E-state index contributed by atoms with van der Waals surface area (Å²) in [5.74, 6) is -4.72. The van der Waals surface area contributed by atoms with E-state index in [4.69, 9.17) is 5.73 Å². The molecule has 11 heteroatoms. The van der Waals surface area contributed by atoms with Crippen molar-refractivity contribution in [3.63, 3.8) is 0 Å². The van der Waals surface area contributed by atoms with Crippen LogP contribution in [0.25, 0.3) is 0 Å². The molecule has 0 aliphatic carbocycles. The molecule has 1 saturated heterocycles. The molecule has 0 bridgehead atoms. The summed E-state index contributed by atoms with van der Waals surface area (Å²) < 4.78 is 0. The van der Waals surface area contributed by atoms with Crippen molar-refractivity contribution >= 4 is 29.7 Å². The number of likely N-dealkylation sites (tertiary alicyclic amines) is 1. The van der Waals surface area contributed by atoms with Gasteiger partial charge in [-0.25, -0.2) is 4.79 Å². The van der Waals surface area contributed by atoms with Crippen molar-refractivity contribution in [2.24, 2.45) is 5.73 Å². The third-order valence-corrected chi connectivity index (χ3v) is 6.36. The van der Waals surface area contributed by atoms with E-state index in [1.54, 1.807) is 30.3 Å². The summed E-state index contributed by atoms with van der Waals surface area (Å²) >= 11 is 0. The summed E-state index contributed by atoms with van der Waals surface area (Å²) in [6.07, 6.45) is 0.356. The van der Waals surface area contributed by atoms with Crippen LogP contribution in [0.3, 0.4) is 0 Å². The molecule has 1 aliphatic heterocycles. The monoisotopic (exact) mass is 524 g/mol. The van der Waals surface area contributed by atoms with E-state index in [2.05, 4.69) is 10.6 Å². The predicted molar refractivity (Wildman–Crippen MR) is 137 cm³/mol. The van der Waals surface area contributed by atoms with Crippen LogP contribution in [-0.4, -0.2) is 75.5 Å². The first-order valence-electron chi connectivity index (χ1n) is 12.3. The van der Waals surface area contributed by atoms with Gasteiger partial charge in [-0.1, -0.05) is 60.7 Å². The molecule has 4 unspecified atom stereocenters. The zero-order chi connectivity index (χ0) is 27.7. The Labute approximate surface area is 220 Å². The largest absolute Gasteiger partial charge is 0.481 e. The van der Waals surface area contributed by atoms with Crippen LogP contribution >= 0.6 is 0 Å². The molecule has 11 nitrogen and oxygen atoms in total. The number of nitrogens with zero attached hydrogens (tertiary/aromatic N) is 1. The van der Waals surface area contributed by atoms with Crippen LogP contribution in [0, 0.1) is 0 Å². The van der Waals surface area contributed by atoms with Crippen LogP contribution in [0.2, 0.25) is 0 Å². The van der Waals surface area contributed by atoms with E-state index in [-0.39, 0.29) is 12.8 Å². The summed E-state index contributed by atoms with van der Waals surface area (Å²) in [6, 6.07) is 13.2. The first kappa shape index (κ1) is 28.3. The lowest BCUT2D eigenvalue weighted by molar-refractivity contribution is -0.144. The molecule has 3 amide bonds. The van der Waals surface area contributed by atoms with Crippen molar-refractivity contribution in [1.82, 2.24) is 15.5 Å². The summed E-state index contributed by atoms with van der Waals surface area (Å²) in [5, 5.41) is 23.6. The van der Waals surface area contributed by atoms with Crippen molar-refractivity contribution < 1.29 is 34.2 Å². The van der Waals surface area contributed by atoms with Crippen LogP contribution < -0.4 is 16.4 Å². The number of hydrogen-bond acceptors (Lipinski definition) is 6. The number of rotatable bonds is 12. The fourth-order valence-corrected chi connectivity index (χ4v) is 4.45. The number of nitrogens with two attached hydrogens (primary N) is 1. The van der Waals surface area contributed by atoms with Crippen molar-refractivity contribution in [2.45, 2.75) is 56.3 Å². The van der Waals surface area contributed by atoms with Crippen molar-refractivity contribution in [3.8, 4) is 0 Å². The van der Waals surface area contributed by atoms with Gasteiger partial charge in [-0.15, -0.1) is 0 Å². The highest BCUT2D eigenvalue weighted by Gasteiger charge is 2.38. The van der Waals surface area contributed by atoms with E-state index in [1.165, 1.54) is 4.90 Å². The molecule has 38 heavy (non-hydrogen) atoms. The zero-order valence-electron chi connectivity index (χ0n) is 20.8. The van der Waals surface area contributed by atoms with Gasteiger partial charge in [0.2, 0.25) is 17.7 Å². The maximum Gasteiger partial charge on any atom is 0.326 e. The maximum atomic E-state index is 13.1. The molecule has 2 aromatic carbocycles. The zero-order valence-corrected chi connectivity index (χ0v) is 20.8. The minimum atomic E-state index is -1.53. The van der Waals surface area contributed by atoms with Gasteiger partial charge >= 0.3 is 11.9 Å². The van der Waals surface area contributed by atoms with E-state index in [1.807, 2.05) is 30.3 Å². The quantitative estimate of drug-likeness (QED) is 0.263. The molecule has 0 radical (unpaired) electrons. The van der Waals surface area contributed by atoms with E-state index in [9.17, 15) is 34.2 Å². The number of carboxylic acids is 2. The van der Waals surface area contributed by atoms with Gasteiger partial charge in [0.25, 0.3) is 0 Å². The first-order valence-corrected chi connectivity index (χ1v) is 12.3. The van der Waals surface area contributed by atoms with Gasteiger partial charge in [-0.05, 0) is 30.4 Å². The number of carbonyl (C=O) groups excluding carboxylic acids is 3. The predicted octanol–water partition coefficient (Wildman–Crippen LogP) is 0.319. The van der Waals surface area contributed by atoms with E-state index in [0.29, 0.717) is 24.9 Å². The normalized spacial score (nSPS) is 17.2. The molecule has 2 aromatic rings. The lowest BCUT2D eigenvalue weighted by atomic mass is 10.0. The number of aliphatic carboxylic acids is 2. The number of hydrogen-bond donors (Lipinski definition) is 5.